The van der Waals surface area contributed by atoms with Gasteiger partial charge in [0.25, 0.3) is 0 Å². The van der Waals surface area contributed by atoms with E-state index in [-0.39, 0.29) is 6.42 Å². The third kappa shape index (κ3) is 2.90. The molecule has 1 aromatic rings. The number of nitrogens with one attached hydrogen (secondary N) is 1. The number of esters is 1. The Bertz CT molecular complexity index is 325. The topological polar surface area (TPSA) is 67.2 Å². The Morgan fingerprint density at radius 1 is 1.36 bits per heavy atom. The van der Waals surface area contributed by atoms with E-state index >= 15 is 0 Å². The lowest BCUT2D eigenvalue weighted by atomic mass is 10.1. The molecule has 0 unspecified atom stereocenters. The number of para-hydroxylation sites is 1. The number of hydrogen-bond donors (Lipinski definition) is 0. The molecule has 0 heterocycles. The monoisotopic (exact) mass is 192 g/mol. The normalized spacial score (nSPS) is 9.50. The number of carbonyl (C=O) groups excluding carboxylic acids is 2. The number of ether oxygens (including phenoxy) is 1. The lowest BCUT2D eigenvalue weighted by molar-refractivity contribution is -0.132. The minimum absolute atomic E-state index is 0.0382. The Kier molecular flexibility index (Phi) is 3.23. The average Bonchev–Trinajstić information content (AvgIpc) is 2.06. The van der Waals surface area contributed by atoms with Crippen LogP contribution in [0.15, 0.2) is 24.3 Å². The maximum absolute atomic E-state index is 10.7. The van der Waals surface area contributed by atoms with Gasteiger partial charge in [-0.1, -0.05) is 18.2 Å². The van der Waals surface area contributed by atoms with E-state index in [9.17, 15) is 9.59 Å². The zero-order valence-electron chi connectivity index (χ0n) is 7.74. The molecule has 1 amide bonds. The fourth-order valence-electron chi connectivity index (χ4n) is 1.08. The molecule has 1 N–H and O–H groups in total. The van der Waals surface area contributed by atoms with Gasteiger partial charge in [0.05, 0.1) is 6.42 Å². The highest BCUT2D eigenvalue weighted by Gasteiger charge is 2.07. The van der Waals surface area contributed by atoms with E-state index in [4.69, 9.17) is 10.5 Å². The molecule has 0 spiro atoms. The molecule has 0 aromatic heterocycles. The second-order valence-corrected chi connectivity index (χ2v) is 2.80. The van der Waals surface area contributed by atoms with Crippen LogP contribution in [-0.4, -0.2) is 11.9 Å². The molecule has 0 atom stereocenters. The van der Waals surface area contributed by atoms with Crippen LogP contribution in [0, 0.1) is 0 Å². The second kappa shape index (κ2) is 4.41. The summed E-state index contributed by atoms with van der Waals surface area (Å²) >= 11 is 0. The van der Waals surface area contributed by atoms with E-state index < -0.39 is 11.9 Å². The first kappa shape index (κ1) is 10.2. The average molecular weight is 192 g/mol. The van der Waals surface area contributed by atoms with Gasteiger partial charge >= 0.3 is 5.97 Å². The number of hydrogen-bond acceptors (Lipinski definition) is 3. The third-order valence-electron chi connectivity index (χ3n) is 1.58. The van der Waals surface area contributed by atoms with Crippen molar-refractivity contribution in [1.29, 1.82) is 0 Å². The summed E-state index contributed by atoms with van der Waals surface area (Å²) in [4.78, 5) is 21.3. The number of carbonyl (C=O) groups is 2. The molecule has 4 nitrogen and oxygen atoms in total. The van der Waals surface area contributed by atoms with Crippen molar-refractivity contribution in [3.8, 4) is 5.75 Å². The molecule has 0 saturated heterocycles. The molecule has 4 heteroatoms. The molecule has 0 aliphatic rings. The van der Waals surface area contributed by atoms with Crippen molar-refractivity contribution in [3.05, 3.63) is 29.8 Å². The van der Waals surface area contributed by atoms with Crippen LogP contribution in [0.3, 0.4) is 0 Å². The lowest BCUT2D eigenvalue weighted by Crippen LogP contribution is -2.07. The van der Waals surface area contributed by atoms with E-state index in [0.29, 0.717) is 11.3 Å². The summed E-state index contributed by atoms with van der Waals surface area (Å²) in [5.74, 6) is -0.792. The summed E-state index contributed by atoms with van der Waals surface area (Å²) in [5, 5.41) is 0. The van der Waals surface area contributed by atoms with Crippen LogP contribution in [0.2, 0.25) is 0 Å². The Morgan fingerprint density at radius 2 is 2.00 bits per heavy atom. The Labute approximate surface area is 81.7 Å². The summed E-state index contributed by atoms with van der Waals surface area (Å²) in [6.45, 7) is 1.29. The van der Waals surface area contributed by atoms with Gasteiger partial charge in [0.15, 0.2) is 0 Å². The Morgan fingerprint density at radius 3 is 2.57 bits per heavy atom. The number of benzene rings is 1. The number of rotatable bonds is 3. The van der Waals surface area contributed by atoms with Crippen molar-refractivity contribution in [2.24, 2.45) is 0 Å². The lowest BCUT2D eigenvalue weighted by Gasteiger charge is -2.05. The van der Waals surface area contributed by atoms with Crippen molar-refractivity contribution < 1.29 is 14.3 Å². The molecule has 73 valence electrons. The summed E-state index contributed by atoms with van der Waals surface area (Å²) in [6, 6.07) is 6.69. The first-order chi connectivity index (χ1) is 6.59. The first-order valence-electron chi connectivity index (χ1n) is 4.10. The van der Waals surface area contributed by atoms with Gasteiger partial charge in [0.1, 0.15) is 5.75 Å². The van der Waals surface area contributed by atoms with Gasteiger partial charge in [-0.15, -0.1) is 0 Å². The van der Waals surface area contributed by atoms with Crippen molar-refractivity contribution in [2.75, 3.05) is 0 Å². The summed E-state index contributed by atoms with van der Waals surface area (Å²) in [5.41, 5.74) is 7.37. The van der Waals surface area contributed by atoms with Crippen LogP contribution in [0.4, 0.5) is 0 Å². The molecule has 0 fully saturated rings. The smallest absolute Gasteiger partial charge is 0.308 e. The van der Waals surface area contributed by atoms with E-state index in [0.717, 1.165) is 0 Å². The van der Waals surface area contributed by atoms with E-state index in [2.05, 4.69) is 0 Å². The first-order valence-corrected chi connectivity index (χ1v) is 4.10. The van der Waals surface area contributed by atoms with Crippen LogP contribution in [0.5, 0.6) is 5.75 Å². The van der Waals surface area contributed by atoms with Crippen molar-refractivity contribution in [3.63, 3.8) is 0 Å². The molecular weight excluding hydrogens is 182 g/mol. The fourth-order valence-corrected chi connectivity index (χ4v) is 1.08. The van der Waals surface area contributed by atoms with Crippen molar-refractivity contribution in [1.82, 2.24) is 5.73 Å². The second-order valence-electron chi connectivity index (χ2n) is 2.80. The van der Waals surface area contributed by atoms with Gasteiger partial charge in [-0.25, -0.2) is 0 Å². The van der Waals surface area contributed by atoms with Gasteiger partial charge in [0, 0.05) is 12.5 Å². The van der Waals surface area contributed by atoms with Crippen molar-refractivity contribution >= 4 is 11.9 Å². The Hall–Kier alpha value is -1.84. The summed E-state index contributed by atoms with van der Waals surface area (Å²) in [7, 11) is 0. The summed E-state index contributed by atoms with van der Waals surface area (Å²) in [6.07, 6.45) is -0.0382. The van der Waals surface area contributed by atoms with Gasteiger partial charge in [0.2, 0.25) is 5.91 Å². The van der Waals surface area contributed by atoms with E-state index in [1.165, 1.54) is 6.92 Å². The van der Waals surface area contributed by atoms with Gasteiger partial charge < -0.3 is 4.74 Å². The molecule has 0 aliphatic heterocycles. The molecule has 0 aliphatic carbocycles. The van der Waals surface area contributed by atoms with Gasteiger partial charge in [-0.2, -0.15) is 0 Å². The van der Waals surface area contributed by atoms with E-state index in [1.807, 2.05) is 0 Å². The van der Waals surface area contributed by atoms with Crippen LogP contribution in [-0.2, 0) is 16.0 Å². The summed E-state index contributed by atoms with van der Waals surface area (Å²) < 4.78 is 4.87. The largest absolute Gasteiger partial charge is 0.426 e. The van der Waals surface area contributed by atoms with Gasteiger partial charge in [-0.05, 0) is 6.07 Å². The molecule has 0 saturated carbocycles. The maximum Gasteiger partial charge on any atom is 0.308 e. The molecule has 0 bridgehead atoms. The minimum Gasteiger partial charge on any atom is -0.426 e. The predicted octanol–water partition coefficient (Wildman–Crippen LogP) is 0.964. The Balaban J connectivity index is 2.90. The minimum atomic E-state index is -0.704. The SMILES string of the molecule is CC(=O)Oc1ccccc1CC([NH])=O. The zero-order valence-corrected chi connectivity index (χ0v) is 7.74. The van der Waals surface area contributed by atoms with Crippen LogP contribution in [0.25, 0.3) is 0 Å². The molecule has 1 rings (SSSR count). The molecular formula is C10H10NO3. The fraction of sp³-hybridized carbons (Fsp3) is 0.200. The zero-order chi connectivity index (χ0) is 10.6. The molecule has 1 radical (unpaired) electrons. The number of amides is 1. The third-order valence-corrected chi connectivity index (χ3v) is 1.58. The van der Waals surface area contributed by atoms with Gasteiger partial charge in [-0.3, -0.25) is 15.3 Å². The standard InChI is InChI=1S/C10H10NO3/c1-7(12)14-9-5-3-2-4-8(9)6-10(11)13/h2-5,11H,6H2,1H3. The van der Waals surface area contributed by atoms with Crippen molar-refractivity contribution in [2.45, 2.75) is 13.3 Å². The van der Waals surface area contributed by atoms with Crippen LogP contribution in [0.1, 0.15) is 12.5 Å². The van der Waals surface area contributed by atoms with Crippen LogP contribution >= 0.6 is 0 Å². The maximum atomic E-state index is 10.7. The quantitative estimate of drug-likeness (QED) is 0.529. The molecule has 1 aromatic carbocycles. The highest BCUT2D eigenvalue weighted by Crippen LogP contribution is 2.18. The van der Waals surface area contributed by atoms with Crippen LogP contribution < -0.4 is 10.5 Å². The highest BCUT2D eigenvalue weighted by atomic mass is 16.5. The van der Waals surface area contributed by atoms with E-state index in [1.54, 1.807) is 24.3 Å². The molecule has 14 heavy (non-hydrogen) atoms. The predicted molar refractivity (Wildman–Crippen MR) is 49.6 cm³/mol. The highest BCUT2D eigenvalue weighted by molar-refractivity contribution is 5.77.